The van der Waals surface area contributed by atoms with Gasteiger partial charge < -0.3 is 4.74 Å². The molecule has 0 unspecified atom stereocenters. The number of alkyl halides is 3. The first-order valence-corrected chi connectivity index (χ1v) is 4.45. The van der Waals surface area contributed by atoms with Crippen LogP contribution >= 0.6 is 11.6 Å². The first-order chi connectivity index (χ1) is 6.92. The highest BCUT2D eigenvalue weighted by atomic mass is 35.5. The molecule has 0 fully saturated rings. The van der Waals surface area contributed by atoms with Crippen LogP contribution in [0.15, 0.2) is 30.9 Å². The number of hydrogen-bond acceptors (Lipinski definition) is 1. The standard InChI is InChI=1S/C10H8ClF3O/c1-2-3-7-4-5-9(8(11)6-7)15-10(12,13)14/h2,4-6H,1,3H2. The SMILES string of the molecule is C=CCc1ccc(OC(F)(F)F)c(Cl)c1. The highest BCUT2D eigenvalue weighted by molar-refractivity contribution is 6.32. The largest absolute Gasteiger partial charge is 0.573 e. The Morgan fingerprint density at radius 3 is 2.53 bits per heavy atom. The molecule has 0 N–H and O–H groups in total. The molecule has 0 heterocycles. The molecule has 0 aromatic heterocycles. The van der Waals surface area contributed by atoms with Crippen molar-refractivity contribution >= 4 is 11.6 Å². The van der Waals surface area contributed by atoms with E-state index in [-0.39, 0.29) is 5.02 Å². The Labute approximate surface area is 90.1 Å². The van der Waals surface area contributed by atoms with E-state index in [0.717, 1.165) is 5.56 Å². The second-order valence-electron chi connectivity index (χ2n) is 2.81. The van der Waals surface area contributed by atoms with Crippen LogP contribution in [-0.4, -0.2) is 6.36 Å². The van der Waals surface area contributed by atoms with Gasteiger partial charge in [0.25, 0.3) is 0 Å². The van der Waals surface area contributed by atoms with Gasteiger partial charge in [-0.05, 0) is 24.1 Å². The Bertz CT molecular complexity index is 360. The molecule has 82 valence electrons. The van der Waals surface area contributed by atoms with Crippen molar-refractivity contribution in [1.82, 2.24) is 0 Å². The van der Waals surface area contributed by atoms with Crippen molar-refractivity contribution in [2.75, 3.05) is 0 Å². The minimum absolute atomic E-state index is 0.0633. The molecule has 1 aromatic rings. The molecule has 1 rings (SSSR count). The second-order valence-corrected chi connectivity index (χ2v) is 3.21. The zero-order valence-electron chi connectivity index (χ0n) is 7.64. The highest BCUT2D eigenvalue weighted by Gasteiger charge is 2.31. The van der Waals surface area contributed by atoms with Crippen molar-refractivity contribution in [3.05, 3.63) is 41.4 Å². The molecule has 0 spiro atoms. The summed E-state index contributed by atoms with van der Waals surface area (Å²) in [5.74, 6) is -0.392. The summed E-state index contributed by atoms with van der Waals surface area (Å²) in [7, 11) is 0. The number of ether oxygens (including phenoxy) is 1. The molecular weight excluding hydrogens is 229 g/mol. The van der Waals surface area contributed by atoms with E-state index < -0.39 is 12.1 Å². The van der Waals surface area contributed by atoms with Crippen molar-refractivity contribution in [2.24, 2.45) is 0 Å². The van der Waals surface area contributed by atoms with Gasteiger partial charge in [0.15, 0.2) is 0 Å². The summed E-state index contributed by atoms with van der Waals surface area (Å²) in [6.45, 7) is 3.51. The summed E-state index contributed by atoms with van der Waals surface area (Å²) in [6, 6.07) is 4.12. The van der Waals surface area contributed by atoms with Crippen LogP contribution in [0.3, 0.4) is 0 Å². The minimum Gasteiger partial charge on any atom is -0.404 e. The molecule has 0 aliphatic rings. The predicted molar refractivity (Wildman–Crippen MR) is 52.0 cm³/mol. The van der Waals surface area contributed by atoms with E-state index in [2.05, 4.69) is 11.3 Å². The van der Waals surface area contributed by atoms with Crippen LogP contribution in [0, 0.1) is 0 Å². The van der Waals surface area contributed by atoms with Gasteiger partial charge in [-0.2, -0.15) is 0 Å². The molecule has 1 nitrogen and oxygen atoms in total. The summed E-state index contributed by atoms with van der Waals surface area (Å²) in [5, 5.41) is -0.0633. The first kappa shape index (κ1) is 11.9. The van der Waals surface area contributed by atoms with Gasteiger partial charge in [-0.25, -0.2) is 0 Å². The molecule has 0 aliphatic carbocycles. The van der Waals surface area contributed by atoms with Crippen LogP contribution in [0.2, 0.25) is 5.02 Å². The Kier molecular flexibility index (Phi) is 3.63. The summed E-state index contributed by atoms with van der Waals surface area (Å²) in [5.41, 5.74) is 0.782. The van der Waals surface area contributed by atoms with E-state index in [4.69, 9.17) is 11.6 Å². The Balaban J connectivity index is 2.88. The maximum atomic E-state index is 11.9. The van der Waals surface area contributed by atoms with Crippen LogP contribution in [0.4, 0.5) is 13.2 Å². The smallest absolute Gasteiger partial charge is 0.404 e. The summed E-state index contributed by atoms with van der Waals surface area (Å²) < 4.78 is 39.3. The fourth-order valence-corrected chi connectivity index (χ4v) is 1.29. The third-order valence-electron chi connectivity index (χ3n) is 1.60. The predicted octanol–water partition coefficient (Wildman–Crippen LogP) is 3.97. The quantitative estimate of drug-likeness (QED) is 0.722. The van der Waals surface area contributed by atoms with Crippen LogP contribution in [0.5, 0.6) is 5.75 Å². The molecular formula is C10H8ClF3O. The monoisotopic (exact) mass is 236 g/mol. The molecule has 0 amide bonds. The van der Waals surface area contributed by atoms with Crippen LogP contribution < -0.4 is 4.74 Å². The van der Waals surface area contributed by atoms with E-state index in [1.165, 1.54) is 18.2 Å². The number of halogens is 4. The van der Waals surface area contributed by atoms with Crippen molar-refractivity contribution < 1.29 is 17.9 Å². The zero-order valence-corrected chi connectivity index (χ0v) is 8.40. The third-order valence-corrected chi connectivity index (χ3v) is 1.90. The van der Waals surface area contributed by atoms with Gasteiger partial charge in [0.2, 0.25) is 0 Å². The lowest BCUT2D eigenvalue weighted by Gasteiger charge is -2.10. The van der Waals surface area contributed by atoms with Gasteiger partial charge >= 0.3 is 6.36 Å². The number of benzene rings is 1. The lowest BCUT2D eigenvalue weighted by atomic mass is 10.1. The van der Waals surface area contributed by atoms with Gasteiger partial charge in [-0.15, -0.1) is 19.8 Å². The van der Waals surface area contributed by atoms with Gasteiger partial charge in [0.1, 0.15) is 5.75 Å². The van der Waals surface area contributed by atoms with E-state index in [1.807, 2.05) is 0 Å². The third kappa shape index (κ3) is 3.83. The molecule has 5 heteroatoms. The molecule has 0 saturated carbocycles. The summed E-state index contributed by atoms with van der Waals surface area (Å²) in [6.07, 6.45) is -2.54. The maximum Gasteiger partial charge on any atom is 0.573 e. The van der Waals surface area contributed by atoms with E-state index in [0.29, 0.717) is 6.42 Å². The van der Waals surface area contributed by atoms with Gasteiger partial charge in [-0.1, -0.05) is 23.7 Å². The van der Waals surface area contributed by atoms with Crippen LogP contribution in [-0.2, 0) is 6.42 Å². The molecule has 0 aliphatic heterocycles. The van der Waals surface area contributed by atoms with Crippen molar-refractivity contribution in [1.29, 1.82) is 0 Å². The average molecular weight is 237 g/mol. The highest BCUT2D eigenvalue weighted by Crippen LogP contribution is 2.30. The summed E-state index contributed by atoms with van der Waals surface area (Å²) in [4.78, 5) is 0. The Hall–Kier alpha value is -1.16. The molecule has 15 heavy (non-hydrogen) atoms. The lowest BCUT2D eigenvalue weighted by Crippen LogP contribution is -2.17. The van der Waals surface area contributed by atoms with E-state index >= 15 is 0 Å². The Morgan fingerprint density at radius 1 is 1.40 bits per heavy atom. The molecule has 0 radical (unpaired) electrons. The molecule has 0 bridgehead atoms. The van der Waals surface area contributed by atoms with Crippen molar-refractivity contribution in [3.63, 3.8) is 0 Å². The van der Waals surface area contributed by atoms with Crippen molar-refractivity contribution in [3.8, 4) is 5.75 Å². The lowest BCUT2D eigenvalue weighted by molar-refractivity contribution is -0.274. The van der Waals surface area contributed by atoms with E-state index in [9.17, 15) is 13.2 Å². The normalized spacial score (nSPS) is 11.2. The molecule has 0 saturated heterocycles. The molecule has 0 atom stereocenters. The molecule has 1 aromatic carbocycles. The van der Waals surface area contributed by atoms with Crippen molar-refractivity contribution in [2.45, 2.75) is 12.8 Å². The second kappa shape index (κ2) is 4.57. The fourth-order valence-electron chi connectivity index (χ4n) is 1.05. The fraction of sp³-hybridized carbons (Fsp3) is 0.200. The zero-order chi connectivity index (χ0) is 11.5. The van der Waals surface area contributed by atoms with Gasteiger partial charge in [-0.3, -0.25) is 0 Å². The Morgan fingerprint density at radius 2 is 2.07 bits per heavy atom. The average Bonchev–Trinajstić information content (AvgIpc) is 2.08. The first-order valence-electron chi connectivity index (χ1n) is 4.07. The van der Waals surface area contributed by atoms with Crippen LogP contribution in [0.25, 0.3) is 0 Å². The topological polar surface area (TPSA) is 9.23 Å². The number of hydrogen-bond donors (Lipinski definition) is 0. The summed E-state index contributed by atoms with van der Waals surface area (Å²) >= 11 is 5.61. The van der Waals surface area contributed by atoms with Crippen LogP contribution in [0.1, 0.15) is 5.56 Å². The number of rotatable bonds is 3. The maximum absolute atomic E-state index is 11.9. The minimum atomic E-state index is -4.72. The number of allylic oxidation sites excluding steroid dienone is 1. The van der Waals surface area contributed by atoms with Gasteiger partial charge in [0, 0.05) is 0 Å². The van der Waals surface area contributed by atoms with E-state index in [1.54, 1.807) is 6.08 Å². The van der Waals surface area contributed by atoms with Gasteiger partial charge in [0.05, 0.1) is 5.02 Å².